The van der Waals surface area contributed by atoms with Gasteiger partial charge in [0.25, 0.3) is 0 Å². The molecule has 2 aromatic carbocycles. The smallest absolute Gasteiger partial charge is 0.505 e. The lowest BCUT2D eigenvalue weighted by atomic mass is 10.0. The molecule has 1 aromatic heterocycles. The standard InChI is InChI=1S/C18H11ClF3NO4/c19-10-3-1-9(2-4-10)7-14-16(24)15(17(25)26)12-8-11(27-18(20,21)22)5-6-13(12)23-14/h1-6,8,24H,7H2,(H,25,26). The van der Waals surface area contributed by atoms with Gasteiger partial charge in [-0.25, -0.2) is 9.78 Å². The summed E-state index contributed by atoms with van der Waals surface area (Å²) in [7, 11) is 0. The van der Waals surface area contributed by atoms with Gasteiger partial charge in [-0.3, -0.25) is 0 Å². The Morgan fingerprint density at radius 3 is 2.41 bits per heavy atom. The van der Waals surface area contributed by atoms with E-state index in [1.54, 1.807) is 24.3 Å². The first-order valence-electron chi connectivity index (χ1n) is 7.53. The van der Waals surface area contributed by atoms with E-state index in [0.717, 1.165) is 17.7 Å². The van der Waals surface area contributed by atoms with Crippen LogP contribution in [0.3, 0.4) is 0 Å². The molecule has 1 heterocycles. The quantitative estimate of drug-likeness (QED) is 0.662. The summed E-state index contributed by atoms with van der Waals surface area (Å²) in [6, 6.07) is 9.75. The highest BCUT2D eigenvalue weighted by Crippen LogP contribution is 2.34. The molecule has 9 heteroatoms. The molecule has 2 N–H and O–H groups in total. The predicted octanol–water partition coefficient (Wildman–Crippen LogP) is 4.78. The van der Waals surface area contributed by atoms with Gasteiger partial charge >= 0.3 is 12.3 Å². The van der Waals surface area contributed by atoms with Crippen LogP contribution in [0.4, 0.5) is 13.2 Å². The molecule has 0 aliphatic rings. The normalized spacial score (nSPS) is 11.6. The van der Waals surface area contributed by atoms with Crippen molar-refractivity contribution in [2.45, 2.75) is 12.8 Å². The molecule has 0 bridgehead atoms. The first kappa shape index (κ1) is 18.8. The van der Waals surface area contributed by atoms with Crippen LogP contribution in [0.5, 0.6) is 11.5 Å². The molecule has 0 spiro atoms. The van der Waals surface area contributed by atoms with Gasteiger partial charge in [0.15, 0.2) is 5.75 Å². The molecule has 0 fully saturated rings. The molecule has 0 aliphatic carbocycles. The van der Waals surface area contributed by atoms with Crippen molar-refractivity contribution in [1.29, 1.82) is 0 Å². The van der Waals surface area contributed by atoms with Gasteiger partial charge in [-0.15, -0.1) is 13.2 Å². The maximum Gasteiger partial charge on any atom is 0.573 e. The number of benzene rings is 2. The monoisotopic (exact) mass is 397 g/mol. The second-order valence-corrected chi connectivity index (χ2v) is 6.05. The minimum atomic E-state index is -4.93. The van der Waals surface area contributed by atoms with Crippen LogP contribution in [0, 0.1) is 0 Å². The number of hydrogen-bond acceptors (Lipinski definition) is 4. The first-order valence-corrected chi connectivity index (χ1v) is 7.91. The van der Waals surface area contributed by atoms with Crippen LogP contribution in [-0.4, -0.2) is 27.5 Å². The minimum Gasteiger partial charge on any atom is -0.505 e. The van der Waals surface area contributed by atoms with E-state index in [-0.39, 0.29) is 23.0 Å². The van der Waals surface area contributed by atoms with E-state index < -0.39 is 29.4 Å². The Hall–Kier alpha value is -3.00. The number of carboxylic acid groups (broad SMARTS) is 1. The van der Waals surface area contributed by atoms with Crippen molar-refractivity contribution in [3.8, 4) is 11.5 Å². The number of alkyl halides is 3. The largest absolute Gasteiger partial charge is 0.573 e. The number of ether oxygens (including phenoxy) is 1. The lowest BCUT2D eigenvalue weighted by molar-refractivity contribution is -0.274. The van der Waals surface area contributed by atoms with Crippen molar-refractivity contribution in [3.05, 3.63) is 64.3 Å². The molecule has 3 aromatic rings. The van der Waals surface area contributed by atoms with E-state index in [4.69, 9.17) is 11.6 Å². The van der Waals surface area contributed by atoms with Crippen molar-refractivity contribution in [2.75, 3.05) is 0 Å². The zero-order valence-electron chi connectivity index (χ0n) is 13.4. The molecule has 0 amide bonds. The molecule has 3 rings (SSSR count). The highest BCUT2D eigenvalue weighted by atomic mass is 35.5. The van der Waals surface area contributed by atoms with Crippen LogP contribution in [0.1, 0.15) is 21.6 Å². The zero-order chi connectivity index (χ0) is 19.8. The number of hydrogen-bond donors (Lipinski definition) is 2. The molecule has 27 heavy (non-hydrogen) atoms. The van der Waals surface area contributed by atoms with Crippen molar-refractivity contribution in [3.63, 3.8) is 0 Å². The van der Waals surface area contributed by atoms with Crippen LogP contribution < -0.4 is 4.74 Å². The number of carboxylic acids is 1. The minimum absolute atomic E-state index is 0.0757. The van der Waals surface area contributed by atoms with E-state index in [0.29, 0.717) is 5.02 Å². The molecule has 0 radical (unpaired) electrons. The fourth-order valence-electron chi connectivity index (χ4n) is 2.62. The maximum atomic E-state index is 12.4. The molecular weight excluding hydrogens is 387 g/mol. The number of aromatic nitrogens is 1. The van der Waals surface area contributed by atoms with Crippen LogP contribution in [0.15, 0.2) is 42.5 Å². The summed E-state index contributed by atoms with van der Waals surface area (Å²) >= 11 is 5.82. The Bertz CT molecular complexity index is 1020. The van der Waals surface area contributed by atoms with Crippen molar-refractivity contribution in [2.24, 2.45) is 0 Å². The number of rotatable bonds is 4. The third kappa shape index (κ3) is 4.22. The summed E-state index contributed by atoms with van der Waals surface area (Å²) < 4.78 is 41.0. The van der Waals surface area contributed by atoms with Crippen molar-refractivity contribution < 1.29 is 32.9 Å². The average Bonchev–Trinajstić information content (AvgIpc) is 2.56. The second-order valence-electron chi connectivity index (χ2n) is 5.62. The number of aromatic hydroxyl groups is 1. The Balaban J connectivity index is 2.11. The summed E-state index contributed by atoms with van der Waals surface area (Å²) in [6.45, 7) is 0. The number of halogens is 4. The van der Waals surface area contributed by atoms with E-state index in [9.17, 15) is 28.2 Å². The number of carbonyl (C=O) groups is 1. The molecule has 0 saturated heterocycles. The van der Waals surface area contributed by atoms with Gasteiger partial charge in [-0.05, 0) is 35.9 Å². The fraction of sp³-hybridized carbons (Fsp3) is 0.111. The van der Waals surface area contributed by atoms with E-state index in [2.05, 4.69) is 9.72 Å². The average molecular weight is 398 g/mol. The summed E-state index contributed by atoms with van der Waals surface area (Å²) in [5.74, 6) is -2.72. The lowest BCUT2D eigenvalue weighted by Crippen LogP contribution is -2.17. The molecule has 0 unspecified atom stereocenters. The molecule has 140 valence electrons. The molecular formula is C18H11ClF3NO4. The lowest BCUT2D eigenvalue weighted by Gasteiger charge is -2.13. The molecule has 0 atom stereocenters. The van der Waals surface area contributed by atoms with Gasteiger partial charge in [0.05, 0.1) is 11.2 Å². The third-order valence-electron chi connectivity index (χ3n) is 3.74. The number of fused-ring (bicyclic) bond motifs is 1. The van der Waals surface area contributed by atoms with Gasteiger partial charge < -0.3 is 14.9 Å². The van der Waals surface area contributed by atoms with Crippen LogP contribution in [0.2, 0.25) is 5.02 Å². The highest BCUT2D eigenvalue weighted by Gasteiger charge is 2.31. The van der Waals surface area contributed by atoms with E-state index >= 15 is 0 Å². The predicted molar refractivity (Wildman–Crippen MR) is 91.3 cm³/mol. The highest BCUT2D eigenvalue weighted by molar-refractivity contribution is 6.30. The fourth-order valence-corrected chi connectivity index (χ4v) is 2.74. The van der Waals surface area contributed by atoms with Crippen LogP contribution in [0.25, 0.3) is 10.9 Å². The third-order valence-corrected chi connectivity index (χ3v) is 3.99. The Kier molecular flexibility index (Phi) is 4.84. The van der Waals surface area contributed by atoms with Gasteiger partial charge in [-0.2, -0.15) is 0 Å². The Labute approximate surface area is 155 Å². The maximum absolute atomic E-state index is 12.4. The Morgan fingerprint density at radius 1 is 1.15 bits per heavy atom. The zero-order valence-corrected chi connectivity index (χ0v) is 14.2. The summed E-state index contributed by atoms with van der Waals surface area (Å²) in [5, 5.41) is 20.2. The van der Waals surface area contributed by atoms with Crippen LogP contribution in [-0.2, 0) is 6.42 Å². The first-order chi connectivity index (χ1) is 12.6. The summed E-state index contributed by atoms with van der Waals surface area (Å²) in [5.41, 5.74) is 0.363. The van der Waals surface area contributed by atoms with Crippen molar-refractivity contribution >= 4 is 28.5 Å². The van der Waals surface area contributed by atoms with E-state index in [1.165, 1.54) is 6.07 Å². The molecule has 0 aliphatic heterocycles. The number of pyridine rings is 1. The summed E-state index contributed by atoms with van der Waals surface area (Å²) in [6.07, 6.45) is -4.82. The van der Waals surface area contributed by atoms with E-state index in [1.807, 2.05) is 0 Å². The van der Waals surface area contributed by atoms with Gasteiger partial charge in [0.1, 0.15) is 11.3 Å². The number of aromatic carboxylic acids is 1. The molecule has 5 nitrogen and oxygen atoms in total. The second kappa shape index (κ2) is 6.96. The van der Waals surface area contributed by atoms with Crippen molar-refractivity contribution in [1.82, 2.24) is 4.98 Å². The molecule has 0 saturated carbocycles. The van der Waals surface area contributed by atoms with Gasteiger partial charge in [-0.1, -0.05) is 23.7 Å². The number of nitrogens with zero attached hydrogens (tertiary/aromatic N) is 1. The van der Waals surface area contributed by atoms with Gasteiger partial charge in [0.2, 0.25) is 0 Å². The SMILES string of the molecule is O=C(O)c1c(O)c(Cc2ccc(Cl)cc2)nc2ccc(OC(F)(F)F)cc12. The topological polar surface area (TPSA) is 79.7 Å². The van der Waals surface area contributed by atoms with Crippen LogP contribution >= 0.6 is 11.6 Å². The van der Waals surface area contributed by atoms with Gasteiger partial charge in [0, 0.05) is 16.8 Å². The Morgan fingerprint density at radius 2 is 1.81 bits per heavy atom. The summed E-state index contributed by atoms with van der Waals surface area (Å²) in [4.78, 5) is 15.8.